The molecule has 0 saturated carbocycles. The molecule has 0 heterocycles. The highest BCUT2D eigenvalue weighted by molar-refractivity contribution is 5.43. The van der Waals surface area contributed by atoms with E-state index in [0.29, 0.717) is 0 Å². The van der Waals surface area contributed by atoms with Crippen LogP contribution in [0.1, 0.15) is 17.5 Å². The molecule has 1 atom stereocenters. The quantitative estimate of drug-likeness (QED) is 0.849. The molecule has 0 radical (unpaired) electrons. The summed E-state index contributed by atoms with van der Waals surface area (Å²) >= 11 is 0. The van der Waals surface area contributed by atoms with Crippen molar-refractivity contribution in [2.24, 2.45) is 5.73 Å². The molecule has 0 amide bonds. The van der Waals surface area contributed by atoms with Crippen LogP contribution in [0.5, 0.6) is 11.5 Å². The van der Waals surface area contributed by atoms with Crippen molar-refractivity contribution < 1.29 is 9.47 Å². The number of methoxy groups -OCH3 is 2. The Balaban J connectivity index is 1.91. The summed E-state index contributed by atoms with van der Waals surface area (Å²) < 4.78 is 10.6. The second kappa shape index (κ2) is 7.70. The fraction of sp³-hybridized carbons (Fsp3) is 0.333. The second-order valence-corrected chi connectivity index (χ2v) is 5.18. The van der Waals surface area contributed by atoms with Gasteiger partial charge in [-0.25, -0.2) is 0 Å². The summed E-state index contributed by atoms with van der Waals surface area (Å²) in [7, 11) is 3.29. The third-order valence-electron chi connectivity index (χ3n) is 3.59. The minimum atomic E-state index is 0.142. The molecule has 2 rings (SSSR count). The van der Waals surface area contributed by atoms with E-state index >= 15 is 0 Å². The number of hydrogen-bond donors (Lipinski definition) is 1. The van der Waals surface area contributed by atoms with Crippen molar-refractivity contribution in [3.63, 3.8) is 0 Å². The Bertz CT molecular complexity index is 554. The van der Waals surface area contributed by atoms with Crippen LogP contribution in [-0.4, -0.2) is 20.3 Å². The molecule has 0 bridgehead atoms. The molecule has 0 spiro atoms. The Hall–Kier alpha value is -2.00. The number of nitrogens with two attached hydrogens (primary N) is 1. The van der Waals surface area contributed by atoms with Crippen LogP contribution in [0.15, 0.2) is 48.5 Å². The summed E-state index contributed by atoms with van der Waals surface area (Å²) in [6, 6.07) is 16.6. The van der Waals surface area contributed by atoms with E-state index in [1.54, 1.807) is 14.2 Å². The van der Waals surface area contributed by atoms with Gasteiger partial charge in [-0.1, -0.05) is 36.4 Å². The Labute approximate surface area is 126 Å². The molecule has 0 aromatic heterocycles. The van der Waals surface area contributed by atoms with Crippen LogP contribution < -0.4 is 15.2 Å². The van der Waals surface area contributed by atoms with Crippen molar-refractivity contribution in [2.75, 3.05) is 14.2 Å². The van der Waals surface area contributed by atoms with Crippen LogP contribution in [0.25, 0.3) is 0 Å². The first-order valence-corrected chi connectivity index (χ1v) is 7.23. The van der Waals surface area contributed by atoms with Crippen molar-refractivity contribution >= 4 is 0 Å². The van der Waals surface area contributed by atoms with Crippen LogP contribution >= 0.6 is 0 Å². The van der Waals surface area contributed by atoms with E-state index in [1.807, 2.05) is 24.3 Å². The first-order chi connectivity index (χ1) is 10.2. The maximum Gasteiger partial charge on any atom is 0.160 e. The van der Waals surface area contributed by atoms with Gasteiger partial charge in [0.15, 0.2) is 11.5 Å². The zero-order valence-corrected chi connectivity index (χ0v) is 12.7. The first kappa shape index (κ1) is 15.4. The average Bonchev–Trinajstić information content (AvgIpc) is 2.53. The van der Waals surface area contributed by atoms with E-state index in [4.69, 9.17) is 15.2 Å². The summed E-state index contributed by atoms with van der Waals surface area (Å²) in [5.74, 6) is 1.50. The van der Waals surface area contributed by atoms with Gasteiger partial charge in [-0.05, 0) is 42.5 Å². The molecule has 0 aliphatic rings. The predicted octanol–water partition coefficient (Wildman–Crippen LogP) is 3.21. The summed E-state index contributed by atoms with van der Waals surface area (Å²) in [6.07, 6.45) is 2.82. The normalized spacial score (nSPS) is 12.0. The highest BCUT2D eigenvalue weighted by atomic mass is 16.5. The van der Waals surface area contributed by atoms with Gasteiger partial charge in [0.25, 0.3) is 0 Å². The molecular formula is C18H23NO2. The zero-order valence-electron chi connectivity index (χ0n) is 12.7. The van der Waals surface area contributed by atoms with Gasteiger partial charge in [0.05, 0.1) is 14.2 Å². The van der Waals surface area contributed by atoms with Gasteiger partial charge < -0.3 is 15.2 Å². The molecule has 21 heavy (non-hydrogen) atoms. The van der Waals surface area contributed by atoms with Crippen molar-refractivity contribution in [1.82, 2.24) is 0 Å². The van der Waals surface area contributed by atoms with Gasteiger partial charge in [-0.15, -0.1) is 0 Å². The smallest absolute Gasteiger partial charge is 0.160 e. The molecule has 3 nitrogen and oxygen atoms in total. The highest BCUT2D eigenvalue weighted by Crippen LogP contribution is 2.28. The third-order valence-corrected chi connectivity index (χ3v) is 3.59. The molecule has 2 aromatic carbocycles. The SMILES string of the molecule is COc1ccc(CC(N)CCc2ccccc2)cc1OC. The van der Waals surface area contributed by atoms with Crippen molar-refractivity contribution in [2.45, 2.75) is 25.3 Å². The maximum atomic E-state index is 6.24. The lowest BCUT2D eigenvalue weighted by molar-refractivity contribution is 0.354. The number of ether oxygens (including phenoxy) is 2. The lowest BCUT2D eigenvalue weighted by Gasteiger charge is -2.14. The summed E-state index contributed by atoms with van der Waals surface area (Å²) in [6.45, 7) is 0. The fourth-order valence-electron chi connectivity index (χ4n) is 2.41. The molecule has 2 N–H and O–H groups in total. The number of aryl methyl sites for hydroxylation is 1. The van der Waals surface area contributed by atoms with Gasteiger partial charge in [0.1, 0.15) is 0 Å². The average molecular weight is 285 g/mol. The molecular weight excluding hydrogens is 262 g/mol. The lowest BCUT2D eigenvalue weighted by Crippen LogP contribution is -2.23. The van der Waals surface area contributed by atoms with Crippen LogP contribution in [0, 0.1) is 0 Å². The van der Waals surface area contributed by atoms with Crippen LogP contribution in [0.2, 0.25) is 0 Å². The zero-order chi connectivity index (χ0) is 15.1. The molecule has 0 saturated heterocycles. The van der Waals surface area contributed by atoms with Crippen molar-refractivity contribution in [3.8, 4) is 11.5 Å². The number of benzene rings is 2. The van der Waals surface area contributed by atoms with E-state index in [2.05, 4.69) is 24.3 Å². The number of hydrogen-bond acceptors (Lipinski definition) is 3. The summed E-state index contributed by atoms with van der Waals surface area (Å²) in [4.78, 5) is 0. The molecule has 112 valence electrons. The van der Waals surface area contributed by atoms with Crippen LogP contribution in [0.4, 0.5) is 0 Å². The molecule has 0 aliphatic carbocycles. The van der Waals surface area contributed by atoms with Gasteiger partial charge in [-0.3, -0.25) is 0 Å². The Morgan fingerprint density at radius 2 is 1.62 bits per heavy atom. The van der Waals surface area contributed by atoms with Crippen LogP contribution in [0.3, 0.4) is 0 Å². The van der Waals surface area contributed by atoms with E-state index in [9.17, 15) is 0 Å². The molecule has 0 fully saturated rings. The maximum absolute atomic E-state index is 6.24. The largest absolute Gasteiger partial charge is 0.493 e. The molecule has 3 heteroatoms. The Morgan fingerprint density at radius 1 is 0.905 bits per heavy atom. The Morgan fingerprint density at radius 3 is 2.29 bits per heavy atom. The van der Waals surface area contributed by atoms with E-state index in [-0.39, 0.29) is 6.04 Å². The van der Waals surface area contributed by atoms with Crippen LogP contribution in [-0.2, 0) is 12.8 Å². The third kappa shape index (κ3) is 4.50. The highest BCUT2D eigenvalue weighted by Gasteiger charge is 2.08. The minimum absolute atomic E-state index is 0.142. The van der Waals surface area contributed by atoms with E-state index in [0.717, 1.165) is 30.8 Å². The molecule has 2 aromatic rings. The van der Waals surface area contributed by atoms with Gasteiger partial charge in [0.2, 0.25) is 0 Å². The fourth-order valence-corrected chi connectivity index (χ4v) is 2.41. The standard InChI is InChI=1S/C18H23NO2/c1-20-17-11-9-15(13-18(17)21-2)12-16(19)10-8-14-6-4-3-5-7-14/h3-7,9,11,13,16H,8,10,12,19H2,1-2H3. The predicted molar refractivity (Wildman–Crippen MR) is 86.0 cm³/mol. The molecule has 1 unspecified atom stereocenters. The van der Waals surface area contributed by atoms with E-state index in [1.165, 1.54) is 11.1 Å². The van der Waals surface area contributed by atoms with E-state index < -0.39 is 0 Å². The Kier molecular flexibility index (Phi) is 5.64. The summed E-state index contributed by atoms with van der Waals surface area (Å²) in [5, 5.41) is 0. The summed E-state index contributed by atoms with van der Waals surface area (Å²) in [5.41, 5.74) is 8.75. The van der Waals surface area contributed by atoms with Gasteiger partial charge >= 0.3 is 0 Å². The molecule has 0 aliphatic heterocycles. The second-order valence-electron chi connectivity index (χ2n) is 5.18. The monoisotopic (exact) mass is 285 g/mol. The van der Waals surface area contributed by atoms with Crippen molar-refractivity contribution in [3.05, 3.63) is 59.7 Å². The first-order valence-electron chi connectivity index (χ1n) is 7.23. The number of rotatable bonds is 7. The minimum Gasteiger partial charge on any atom is -0.493 e. The van der Waals surface area contributed by atoms with Gasteiger partial charge in [0, 0.05) is 6.04 Å². The van der Waals surface area contributed by atoms with Gasteiger partial charge in [-0.2, -0.15) is 0 Å². The van der Waals surface area contributed by atoms with Crippen molar-refractivity contribution in [1.29, 1.82) is 0 Å². The topological polar surface area (TPSA) is 44.5 Å². The lowest BCUT2D eigenvalue weighted by atomic mass is 9.99.